The van der Waals surface area contributed by atoms with E-state index in [1.807, 2.05) is 11.1 Å². The molecule has 1 aliphatic heterocycles. The molecule has 2 rings (SSSR count). The van der Waals surface area contributed by atoms with Crippen LogP contribution in [-0.4, -0.2) is 45.4 Å². The Balaban J connectivity index is 1.84. The fourth-order valence-electron chi connectivity index (χ4n) is 2.55. The number of carbonyl (C=O) groups is 1. The maximum Gasteiger partial charge on any atom is 0.244 e. The van der Waals surface area contributed by atoms with Crippen LogP contribution in [0.5, 0.6) is 0 Å². The van der Waals surface area contributed by atoms with Crippen LogP contribution in [0.15, 0.2) is 6.20 Å². The van der Waals surface area contributed by atoms with E-state index in [1.165, 1.54) is 19.3 Å². The van der Waals surface area contributed by atoms with E-state index >= 15 is 0 Å². The number of hydrogen-bond acceptors (Lipinski definition) is 4. The maximum atomic E-state index is 12.3. The maximum absolute atomic E-state index is 12.3. The Bertz CT molecular complexity index is 409. The van der Waals surface area contributed by atoms with Gasteiger partial charge in [0.15, 0.2) is 0 Å². The SMILES string of the molecule is NCCCc1cn(CC(=O)N2CCCCCCC2)nn1. The Morgan fingerprint density at radius 1 is 1.20 bits per heavy atom. The Labute approximate surface area is 120 Å². The molecule has 0 saturated carbocycles. The summed E-state index contributed by atoms with van der Waals surface area (Å²) in [5.41, 5.74) is 6.39. The third kappa shape index (κ3) is 4.59. The van der Waals surface area contributed by atoms with Crippen LogP contribution in [0.3, 0.4) is 0 Å². The van der Waals surface area contributed by atoms with Gasteiger partial charge in [0.25, 0.3) is 0 Å². The van der Waals surface area contributed by atoms with Crippen LogP contribution >= 0.6 is 0 Å². The first kappa shape index (κ1) is 15.0. The van der Waals surface area contributed by atoms with E-state index in [4.69, 9.17) is 5.73 Å². The lowest BCUT2D eigenvalue weighted by atomic mass is 10.1. The molecule has 1 fully saturated rings. The highest BCUT2D eigenvalue weighted by atomic mass is 16.2. The van der Waals surface area contributed by atoms with Crippen molar-refractivity contribution in [3.05, 3.63) is 11.9 Å². The van der Waals surface area contributed by atoms with Crippen molar-refractivity contribution in [3.63, 3.8) is 0 Å². The fourth-order valence-corrected chi connectivity index (χ4v) is 2.55. The summed E-state index contributed by atoms with van der Waals surface area (Å²) in [5, 5.41) is 8.10. The number of aryl methyl sites for hydroxylation is 1. The first-order valence-electron chi connectivity index (χ1n) is 7.66. The molecule has 1 aromatic rings. The van der Waals surface area contributed by atoms with Gasteiger partial charge in [0.05, 0.1) is 5.69 Å². The molecule has 1 amide bonds. The van der Waals surface area contributed by atoms with Crippen LogP contribution in [0, 0.1) is 0 Å². The summed E-state index contributed by atoms with van der Waals surface area (Å²) in [4.78, 5) is 14.2. The summed E-state index contributed by atoms with van der Waals surface area (Å²) < 4.78 is 1.65. The minimum absolute atomic E-state index is 0.155. The summed E-state index contributed by atoms with van der Waals surface area (Å²) in [6, 6.07) is 0. The van der Waals surface area contributed by atoms with Crippen molar-refractivity contribution in [2.45, 2.75) is 51.5 Å². The predicted octanol–water partition coefficient (Wildman–Crippen LogP) is 0.962. The smallest absolute Gasteiger partial charge is 0.244 e. The van der Waals surface area contributed by atoms with E-state index in [2.05, 4.69) is 10.3 Å². The number of nitrogens with two attached hydrogens (primary N) is 1. The van der Waals surface area contributed by atoms with Gasteiger partial charge in [-0.1, -0.05) is 24.5 Å². The molecule has 0 aromatic carbocycles. The molecule has 0 unspecified atom stereocenters. The van der Waals surface area contributed by atoms with Crippen molar-refractivity contribution >= 4 is 5.91 Å². The second kappa shape index (κ2) is 7.99. The van der Waals surface area contributed by atoms with Gasteiger partial charge in [-0.25, -0.2) is 4.68 Å². The average molecular weight is 279 g/mol. The first-order valence-corrected chi connectivity index (χ1v) is 7.66. The quantitative estimate of drug-likeness (QED) is 0.871. The molecule has 0 radical (unpaired) electrons. The summed E-state index contributed by atoms with van der Waals surface area (Å²) in [5.74, 6) is 0.155. The number of amides is 1. The second-order valence-electron chi connectivity index (χ2n) is 5.45. The molecule has 112 valence electrons. The molecule has 1 aromatic heterocycles. The number of hydrogen-bond donors (Lipinski definition) is 1. The zero-order chi connectivity index (χ0) is 14.2. The standard InChI is InChI=1S/C14H25N5O/c15-8-6-7-13-11-19(17-16-13)12-14(20)18-9-4-2-1-3-5-10-18/h11H,1-10,12,15H2. The lowest BCUT2D eigenvalue weighted by Gasteiger charge is -2.24. The lowest BCUT2D eigenvalue weighted by Crippen LogP contribution is -2.36. The number of carbonyl (C=O) groups excluding carboxylic acids is 1. The van der Waals surface area contributed by atoms with Gasteiger partial charge in [-0.3, -0.25) is 4.79 Å². The van der Waals surface area contributed by atoms with Crippen molar-refractivity contribution in [2.24, 2.45) is 5.73 Å². The van der Waals surface area contributed by atoms with E-state index < -0.39 is 0 Å². The number of aromatic nitrogens is 3. The summed E-state index contributed by atoms with van der Waals surface area (Å²) in [7, 11) is 0. The van der Waals surface area contributed by atoms with Crippen LogP contribution in [0.4, 0.5) is 0 Å². The van der Waals surface area contributed by atoms with Crippen LogP contribution in [-0.2, 0) is 17.8 Å². The molecule has 2 heterocycles. The van der Waals surface area contributed by atoms with Gasteiger partial charge in [0, 0.05) is 19.3 Å². The molecule has 0 atom stereocenters. The first-order chi connectivity index (χ1) is 9.79. The molecular formula is C14H25N5O. The molecule has 0 bridgehead atoms. The lowest BCUT2D eigenvalue weighted by molar-refractivity contribution is -0.132. The van der Waals surface area contributed by atoms with E-state index in [9.17, 15) is 4.79 Å². The third-order valence-electron chi connectivity index (χ3n) is 3.73. The van der Waals surface area contributed by atoms with Crippen molar-refractivity contribution in [1.29, 1.82) is 0 Å². The second-order valence-corrected chi connectivity index (χ2v) is 5.45. The summed E-state index contributed by atoms with van der Waals surface area (Å²) in [6.45, 7) is 2.72. The van der Waals surface area contributed by atoms with E-state index in [0.29, 0.717) is 13.1 Å². The van der Waals surface area contributed by atoms with Gasteiger partial charge in [-0.2, -0.15) is 0 Å². The van der Waals surface area contributed by atoms with E-state index in [1.54, 1.807) is 4.68 Å². The molecule has 1 saturated heterocycles. The van der Waals surface area contributed by atoms with E-state index in [0.717, 1.165) is 44.5 Å². The fraction of sp³-hybridized carbons (Fsp3) is 0.786. The van der Waals surface area contributed by atoms with Crippen molar-refractivity contribution in [2.75, 3.05) is 19.6 Å². The van der Waals surface area contributed by atoms with Crippen LogP contribution in [0.25, 0.3) is 0 Å². The third-order valence-corrected chi connectivity index (χ3v) is 3.73. The molecule has 6 nitrogen and oxygen atoms in total. The molecule has 2 N–H and O–H groups in total. The average Bonchev–Trinajstić information content (AvgIpc) is 2.83. The molecule has 6 heteroatoms. The Morgan fingerprint density at radius 2 is 1.90 bits per heavy atom. The van der Waals surface area contributed by atoms with Crippen molar-refractivity contribution in [1.82, 2.24) is 19.9 Å². The van der Waals surface area contributed by atoms with Gasteiger partial charge in [-0.15, -0.1) is 5.10 Å². The highest BCUT2D eigenvalue weighted by Gasteiger charge is 2.15. The number of likely N-dealkylation sites (tertiary alicyclic amines) is 1. The summed E-state index contributed by atoms with van der Waals surface area (Å²) >= 11 is 0. The molecule has 20 heavy (non-hydrogen) atoms. The topological polar surface area (TPSA) is 77.0 Å². The Hall–Kier alpha value is -1.43. The Kier molecular flexibility index (Phi) is 5.98. The molecule has 0 aliphatic carbocycles. The predicted molar refractivity (Wildman–Crippen MR) is 77.1 cm³/mol. The highest BCUT2D eigenvalue weighted by Crippen LogP contribution is 2.11. The van der Waals surface area contributed by atoms with Gasteiger partial charge in [0.1, 0.15) is 6.54 Å². The summed E-state index contributed by atoms with van der Waals surface area (Å²) in [6.07, 6.45) is 9.59. The highest BCUT2D eigenvalue weighted by molar-refractivity contribution is 5.75. The van der Waals surface area contributed by atoms with Crippen LogP contribution < -0.4 is 5.73 Å². The Morgan fingerprint density at radius 3 is 2.60 bits per heavy atom. The van der Waals surface area contributed by atoms with E-state index in [-0.39, 0.29) is 5.91 Å². The minimum atomic E-state index is 0.155. The van der Waals surface area contributed by atoms with Gasteiger partial charge < -0.3 is 10.6 Å². The zero-order valence-electron chi connectivity index (χ0n) is 12.1. The molecule has 0 spiro atoms. The normalized spacial score (nSPS) is 16.8. The molecular weight excluding hydrogens is 254 g/mol. The van der Waals surface area contributed by atoms with Gasteiger partial charge in [-0.05, 0) is 32.2 Å². The number of rotatable bonds is 5. The van der Waals surface area contributed by atoms with Crippen LogP contribution in [0.1, 0.15) is 44.2 Å². The molecule has 1 aliphatic rings. The van der Waals surface area contributed by atoms with Gasteiger partial charge in [0.2, 0.25) is 5.91 Å². The monoisotopic (exact) mass is 279 g/mol. The largest absolute Gasteiger partial charge is 0.341 e. The van der Waals surface area contributed by atoms with Crippen LogP contribution in [0.2, 0.25) is 0 Å². The van der Waals surface area contributed by atoms with Crippen molar-refractivity contribution < 1.29 is 4.79 Å². The zero-order valence-corrected chi connectivity index (χ0v) is 12.1. The van der Waals surface area contributed by atoms with Crippen molar-refractivity contribution in [3.8, 4) is 0 Å². The number of nitrogens with zero attached hydrogens (tertiary/aromatic N) is 4. The minimum Gasteiger partial charge on any atom is -0.341 e. The van der Waals surface area contributed by atoms with Gasteiger partial charge >= 0.3 is 0 Å².